The Morgan fingerprint density at radius 2 is 1.75 bits per heavy atom. The Morgan fingerprint density at radius 3 is 2.43 bits per heavy atom. The quantitative estimate of drug-likeness (QED) is 0.776. The molecule has 0 radical (unpaired) electrons. The third kappa shape index (κ3) is 4.21. The number of rotatable bonds is 4. The minimum atomic E-state index is -4.64. The largest absolute Gasteiger partial charge is 0.451 e. The first kappa shape index (κ1) is 20.4. The number of amides is 1. The molecule has 0 spiro atoms. The zero-order chi connectivity index (χ0) is 20.6. The topological polar surface area (TPSA) is 77.0 Å². The van der Waals surface area contributed by atoms with E-state index in [1.54, 1.807) is 0 Å². The molecule has 0 unspecified atom stereocenters. The van der Waals surface area contributed by atoms with Crippen molar-refractivity contribution in [2.24, 2.45) is 5.73 Å². The van der Waals surface area contributed by atoms with E-state index in [9.17, 15) is 31.1 Å². The van der Waals surface area contributed by atoms with Gasteiger partial charge in [0.15, 0.2) is 5.82 Å². The van der Waals surface area contributed by atoms with Crippen molar-refractivity contribution >= 4 is 5.91 Å². The Morgan fingerprint density at radius 1 is 1.07 bits per heavy atom. The maximum Gasteiger partial charge on any atom is 0.451 e. The summed E-state index contributed by atoms with van der Waals surface area (Å²) >= 11 is 0. The maximum atomic E-state index is 13.8. The highest BCUT2D eigenvalue weighted by Crippen LogP contribution is 2.34. The van der Waals surface area contributed by atoms with Crippen molar-refractivity contribution in [1.82, 2.24) is 19.7 Å². The van der Waals surface area contributed by atoms with Gasteiger partial charge < -0.3 is 15.2 Å². The number of hydrogen-bond acceptors (Lipinski definition) is 4. The molecule has 1 atom stereocenters. The Hall–Kier alpha value is -2.37. The van der Waals surface area contributed by atoms with Crippen LogP contribution in [0, 0.1) is 0 Å². The van der Waals surface area contributed by atoms with Gasteiger partial charge in [-0.05, 0) is 12.0 Å². The zero-order valence-electron chi connectivity index (χ0n) is 14.6. The van der Waals surface area contributed by atoms with Crippen LogP contribution in [0.1, 0.15) is 37.3 Å². The third-order valence-corrected chi connectivity index (χ3v) is 4.66. The molecule has 28 heavy (non-hydrogen) atoms. The number of allylic oxidation sites excluding steroid dienone is 3. The number of fused-ring (bicyclic) bond motifs is 1. The summed E-state index contributed by atoms with van der Waals surface area (Å²) in [4.78, 5) is 13.7. The van der Waals surface area contributed by atoms with Gasteiger partial charge >= 0.3 is 6.18 Å². The lowest BCUT2D eigenvalue weighted by Crippen LogP contribution is -2.41. The summed E-state index contributed by atoms with van der Waals surface area (Å²) in [6.45, 7) is -0.263. The molecular weight excluding hydrogens is 392 g/mol. The Kier molecular flexibility index (Phi) is 5.50. The number of nitrogens with two attached hydrogens (primary N) is 1. The summed E-state index contributed by atoms with van der Waals surface area (Å²) in [6, 6.07) is -0.840. The minimum Gasteiger partial charge on any atom is -0.333 e. The van der Waals surface area contributed by atoms with Crippen LogP contribution in [0.15, 0.2) is 23.1 Å². The lowest BCUT2D eigenvalue weighted by atomic mass is 9.95. The van der Waals surface area contributed by atoms with Gasteiger partial charge in [-0.2, -0.15) is 13.2 Å². The second-order valence-corrected chi connectivity index (χ2v) is 6.74. The summed E-state index contributed by atoms with van der Waals surface area (Å²) in [5, 5.41) is 6.61. The van der Waals surface area contributed by atoms with Gasteiger partial charge in [0.1, 0.15) is 17.5 Å². The second kappa shape index (κ2) is 7.57. The fraction of sp³-hybridized carbons (Fsp3) is 0.562. The van der Waals surface area contributed by atoms with E-state index >= 15 is 0 Å². The van der Waals surface area contributed by atoms with Crippen LogP contribution in [0.25, 0.3) is 0 Å². The van der Waals surface area contributed by atoms with Gasteiger partial charge in [0, 0.05) is 32.0 Å². The number of nitrogens with zero attached hydrogens (tertiary/aromatic N) is 4. The summed E-state index contributed by atoms with van der Waals surface area (Å²) in [6.07, 6.45) is -6.26. The van der Waals surface area contributed by atoms with Crippen LogP contribution in [0.5, 0.6) is 0 Å². The van der Waals surface area contributed by atoms with Gasteiger partial charge in [0.05, 0.1) is 13.0 Å². The summed E-state index contributed by atoms with van der Waals surface area (Å²) in [5.74, 6) is -4.56. The second-order valence-electron chi connectivity index (χ2n) is 6.74. The van der Waals surface area contributed by atoms with Crippen molar-refractivity contribution < 1.29 is 31.1 Å². The van der Waals surface area contributed by atoms with Crippen molar-refractivity contribution in [3.8, 4) is 0 Å². The Labute approximate surface area is 155 Å². The van der Waals surface area contributed by atoms with Crippen molar-refractivity contribution in [2.75, 3.05) is 6.54 Å². The molecule has 2 aliphatic rings. The minimum absolute atomic E-state index is 0.00390. The van der Waals surface area contributed by atoms with Crippen LogP contribution >= 0.6 is 0 Å². The SMILES string of the molecule is N[C@@H](CC(=O)N1CCn2c(nnc2C(F)(F)F)C1)CC1=C(F)CC(F)=C(F)C1. The van der Waals surface area contributed by atoms with Crippen molar-refractivity contribution in [2.45, 2.75) is 51.0 Å². The summed E-state index contributed by atoms with van der Waals surface area (Å²) < 4.78 is 79.5. The van der Waals surface area contributed by atoms with Crippen LogP contribution in [0.3, 0.4) is 0 Å². The monoisotopic (exact) mass is 409 g/mol. The van der Waals surface area contributed by atoms with Gasteiger partial charge in [-0.15, -0.1) is 10.2 Å². The highest BCUT2D eigenvalue weighted by molar-refractivity contribution is 5.76. The first-order valence-electron chi connectivity index (χ1n) is 8.48. The van der Waals surface area contributed by atoms with E-state index in [0.29, 0.717) is 0 Å². The number of hydrogen-bond donors (Lipinski definition) is 1. The number of alkyl halides is 3. The summed E-state index contributed by atoms with van der Waals surface area (Å²) in [7, 11) is 0. The number of aromatic nitrogens is 3. The van der Waals surface area contributed by atoms with E-state index < -0.39 is 54.3 Å². The third-order valence-electron chi connectivity index (χ3n) is 4.66. The molecule has 0 saturated heterocycles. The number of halogens is 6. The molecule has 154 valence electrons. The zero-order valence-corrected chi connectivity index (χ0v) is 14.6. The predicted molar refractivity (Wildman–Crippen MR) is 84.3 cm³/mol. The first-order valence-corrected chi connectivity index (χ1v) is 8.48. The molecule has 1 aromatic rings. The van der Waals surface area contributed by atoms with Crippen LogP contribution in [-0.2, 0) is 24.1 Å². The van der Waals surface area contributed by atoms with E-state index in [0.717, 1.165) is 4.57 Å². The Balaban J connectivity index is 1.59. The van der Waals surface area contributed by atoms with Gasteiger partial charge in [0.2, 0.25) is 11.7 Å². The highest BCUT2D eigenvalue weighted by Gasteiger charge is 2.40. The molecular formula is C16H17F6N5O. The first-order chi connectivity index (χ1) is 13.1. The fourth-order valence-electron chi connectivity index (χ4n) is 3.24. The molecule has 1 aliphatic heterocycles. The van der Waals surface area contributed by atoms with Gasteiger partial charge in [0.25, 0.3) is 0 Å². The average Bonchev–Trinajstić information content (AvgIpc) is 3.03. The van der Waals surface area contributed by atoms with E-state index in [4.69, 9.17) is 5.73 Å². The van der Waals surface area contributed by atoms with Crippen LogP contribution in [0.2, 0.25) is 0 Å². The number of carbonyl (C=O) groups is 1. The molecule has 2 N–H and O–H groups in total. The maximum absolute atomic E-state index is 13.8. The molecule has 3 rings (SSSR count). The van der Waals surface area contributed by atoms with Crippen LogP contribution in [0.4, 0.5) is 26.3 Å². The van der Waals surface area contributed by atoms with Gasteiger partial charge in [-0.3, -0.25) is 4.79 Å². The van der Waals surface area contributed by atoms with Gasteiger partial charge in [-0.25, -0.2) is 13.2 Å². The molecule has 1 aliphatic carbocycles. The smallest absolute Gasteiger partial charge is 0.333 e. The van der Waals surface area contributed by atoms with E-state index in [2.05, 4.69) is 10.2 Å². The standard InChI is InChI=1S/C16H17F6N5O/c17-10-6-12(19)11(18)4-8(10)3-9(23)5-14(28)26-1-2-27-13(7-26)24-25-15(27)16(20,21)22/h9H,1-7,23H2/t9-/m1/s1. The molecule has 0 fully saturated rings. The predicted octanol–water partition coefficient (Wildman–Crippen LogP) is 2.91. The molecule has 0 bridgehead atoms. The lowest BCUT2D eigenvalue weighted by Gasteiger charge is -2.29. The Bertz CT molecular complexity index is 843. The van der Waals surface area contributed by atoms with Crippen LogP contribution in [-0.4, -0.2) is 38.2 Å². The molecule has 1 aromatic heterocycles. The fourth-order valence-corrected chi connectivity index (χ4v) is 3.24. The molecule has 0 saturated carbocycles. The lowest BCUT2D eigenvalue weighted by molar-refractivity contribution is -0.148. The molecule has 2 heterocycles. The van der Waals surface area contributed by atoms with Crippen molar-refractivity contribution in [3.63, 3.8) is 0 Å². The van der Waals surface area contributed by atoms with Gasteiger partial charge in [-0.1, -0.05) is 0 Å². The van der Waals surface area contributed by atoms with E-state index in [1.165, 1.54) is 4.90 Å². The summed E-state index contributed by atoms with van der Waals surface area (Å²) in [5.41, 5.74) is 5.85. The molecule has 0 aromatic carbocycles. The number of carbonyl (C=O) groups excluding carboxylic acids is 1. The normalized spacial score (nSPS) is 19.2. The van der Waals surface area contributed by atoms with Crippen molar-refractivity contribution in [3.05, 3.63) is 34.7 Å². The molecule has 6 nitrogen and oxygen atoms in total. The highest BCUT2D eigenvalue weighted by atomic mass is 19.4. The van der Waals surface area contributed by atoms with E-state index in [1.807, 2.05) is 0 Å². The van der Waals surface area contributed by atoms with Crippen LogP contribution < -0.4 is 5.73 Å². The average molecular weight is 409 g/mol. The molecule has 12 heteroatoms. The van der Waals surface area contributed by atoms with E-state index in [-0.39, 0.29) is 43.9 Å². The van der Waals surface area contributed by atoms with Crippen molar-refractivity contribution in [1.29, 1.82) is 0 Å². The molecule has 1 amide bonds.